The third-order valence-corrected chi connectivity index (χ3v) is 11.2. The van der Waals surface area contributed by atoms with Crippen LogP contribution in [0.5, 0.6) is 5.88 Å². The largest absolute Gasteiger partial charge is 0.478 e. The molecule has 0 fully saturated rings. The van der Waals surface area contributed by atoms with E-state index in [2.05, 4.69) is 20.8 Å². The molecule has 15 nitrogen and oxygen atoms in total. The summed E-state index contributed by atoms with van der Waals surface area (Å²) in [6.07, 6.45) is 2.81. The number of aromatic amines is 1. The zero-order valence-corrected chi connectivity index (χ0v) is 33.8. The molecule has 0 saturated carbocycles. The molecule has 6 aromatic rings. The number of benzene rings is 4. The third kappa shape index (κ3) is 11.4. The van der Waals surface area contributed by atoms with Crippen LogP contribution in [0.15, 0.2) is 148 Å². The van der Waals surface area contributed by atoms with Crippen molar-refractivity contribution in [1.82, 2.24) is 20.3 Å². The molecule has 0 spiro atoms. The SMILES string of the molecule is NS(=O)(=O)c1ccc(CN(C(=O)CCCCCOc2[nH]c(=O)c(-c3ccccc3)cc2-c2ccccc2)C(=O)c2ccc(NNCc3ccccc3S(=O)(=O)O)nc2)cc1. The molecule has 0 bridgehead atoms. The highest BCUT2D eigenvalue weighted by Gasteiger charge is 2.24. The van der Waals surface area contributed by atoms with Crippen molar-refractivity contribution in [3.63, 3.8) is 0 Å². The van der Waals surface area contributed by atoms with E-state index < -0.39 is 32.0 Å². The van der Waals surface area contributed by atoms with Crippen LogP contribution in [0.2, 0.25) is 0 Å². The van der Waals surface area contributed by atoms with Crippen molar-refractivity contribution in [3.05, 3.63) is 161 Å². The smallest absolute Gasteiger partial charge is 0.294 e. The molecule has 2 heterocycles. The van der Waals surface area contributed by atoms with Crippen molar-refractivity contribution in [1.29, 1.82) is 0 Å². The Bertz CT molecular complexity index is 2720. The number of imide groups is 1. The topological polar surface area (TPSA) is 231 Å². The van der Waals surface area contributed by atoms with E-state index in [-0.39, 0.29) is 52.8 Å². The third-order valence-electron chi connectivity index (χ3n) is 9.35. The minimum absolute atomic E-state index is 0.00701. The maximum atomic E-state index is 13.8. The average Bonchev–Trinajstić information content (AvgIpc) is 3.24. The van der Waals surface area contributed by atoms with E-state index in [0.717, 1.165) is 21.6 Å². The van der Waals surface area contributed by atoms with Crippen LogP contribution in [0.1, 0.15) is 47.2 Å². The summed E-state index contributed by atoms with van der Waals surface area (Å²) < 4.78 is 62.6. The predicted molar refractivity (Wildman–Crippen MR) is 226 cm³/mol. The molecule has 0 aliphatic heterocycles. The Kier molecular flexibility index (Phi) is 14.0. The van der Waals surface area contributed by atoms with E-state index in [0.29, 0.717) is 41.8 Å². The number of H-pyrrole nitrogens is 1. The second kappa shape index (κ2) is 19.5. The number of nitrogens with two attached hydrogens (primary N) is 1. The molecule has 2 amide bonds. The van der Waals surface area contributed by atoms with Gasteiger partial charge in [-0.1, -0.05) is 91.0 Å². The van der Waals surface area contributed by atoms with Gasteiger partial charge in [0.25, 0.3) is 21.6 Å². The fourth-order valence-electron chi connectivity index (χ4n) is 6.28. The van der Waals surface area contributed by atoms with Gasteiger partial charge in [0.2, 0.25) is 21.8 Å². The molecule has 310 valence electrons. The number of nitrogens with zero attached hydrogens (tertiary/aromatic N) is 2. The molecule has 0 aliphatic rings. The van der Waals surface area contributed by atoms with Gasteiger partial charge in [0.05, 0.1) is 28.5 Å². The Morgan fingerprint density at radius 2 is 1.43 bits per heavy atom. The highest BCUT2D eigenvalue weighted by atomic mass is 32.2. The summed E-state index contributed by atoms with van der Waals surface area (Å²) >= 11 is 0. The fourth-order valence-corrected chi connectivity index (χ4v) is 7.52. The van der Waals surface area contributed by atoms with Gasteiger partial charge in [0, 0.05) is 30.3 Å². The van der Waals surface area contributed by atoms with Crippen molar-refractivity contribution in [2.24, 2.45) is 5.14 Å². The molecule has 0 atom stereocenters. The van der Waals surface area contributed by atoms with Gasteiger partial charge in [-0.2, -0.15) is 8.42 Å². The number of hydrazine groups is 1. The molecule has 60 heavy (non-hydrogen) atoms. The van der Waals surface area contributed by atoms with Crippen LogP contribution in [-0.4, -0.2) is 54.7 Å². The Hall–Kier alpha value is -6.50. The molecule has 6 N–H and O–H groups in total. The molecular weight excluding hydrogens is 809 g/mol. The molecule has 4 aromatic carbocycles. The molecular formula is C43H42N6O9S2. The average molecular weight is 851 g/mol. The van der Waals surface area contributed by atoms with Crippen LogP contribution >= 0.6 is 0 Å². The number of primary sulfonamides is 1. The normalized spacial score (nSPS) is 11.5. The number of carbonyl (C=O) groups excluding carboxylic acids is 2. The van der Waals surface area contributed by atoms with E-state index in [1.54, 1.807) is 6.07 Å². The lowest BCUT2D eigenvalue weighted by Gasteiger charge is -2.21. The first-order valence-electron chi connectivity index (χ1n) is 18.8. The van der Waals surface area contributed by atoms with E-state index in [1.165, 1.54) is 60.8 Å². The van der Waals surface area contributed by atoms with Crippen molar-refractivity contribution in [3.8, 4) is 28.1 Å². The van der Waals surface area contributed by atoms with Gasteiger partial charge in [0.15, 0.2) is 0 Å². The fraction of sp³-hybridized carbons (Fsp3) is 0.163. The van der Waals surface area contributed by atoms with E-state index in [1.807, 2.05) is 66.7 Å². The summed E-state index contributed by atoms with van der Waals surface area (Å²) in [6.45, 7) is 0.101. The van der Waals surface area contributed by atoms with E-state index in [9.17, 15) is 35.8 Å². The number of carbonyl (C=O) groups is 2. The van der Waals surface area contributed by atoms with Gasteiger partial charge in [-0.3, -0.25) is 28.8 Å². The number of aromatic nitrogens is 2. The number of unbranched alkanes of at least 4 members (excludes halogenated alkanes) is 2. The molecule has 0 saturated heterocycles. The molecule has 17 heteroatoms. The zero-order chi connectivity index (χ0) is 42.7. The predicted octanol–water partition coefficient (Wildman–Crippen LogP) is 5.92. The summed E-state index contributed by atoms with van der Waals surface area (Å²) in [7, 11) is -8.40. The van der Waals surface area contributed by atoms with Crippen molar-refractivity contribution in [2.45, 2.75) is 48.6 Å². The van der Waals surface area contributed by atoms with Crippen LogP contribution in [-0.2, 0) is 38.0 Å². The lowest BCUT2D eigenvalue weighted by Crippen LogP contribution is -2.36. The Balaban J connectivity index is 1.09. The number of hydrogen-bond acceptors (Lipinski definition) is 11. The second-order valence-corrected chi connectivity index (χ2v) is 16.6. The number of nitrogens with one attached hydrogen (secondary N) is 3. The van der Waals surface area contributed by atoms with Gasteiger partial charge in [-0.05, 0) is 77.9 Å². The van der Waals surface area contributed by atoms with Crippen molar-refractivity contribution < 1.29 is 35.7 Å². The summed E-state index contributed by atoms with van der Waals surface area (Å²) in [5.41, 5.74) is 9.12. The Morgan fingerprint density at radius 1 is 0.783 bits per heavy atom. The monoisotopic (exact) mass is 850 g/mol. The van der Waals surface area contributed by atoms with Crippen molar-refractivity contribution >= 4 is 37.8 Å². The number of anilines is 1. The van der Waals surface area contributed by atoms with Crippen LogP contribution in [0.25, 0.3) is 22.3 Å². The van der Waals surface area contributed by atoms with Crippen molar-refractivity contribution in [2.75, 3.05) is 12.0 Å². The van der Waals surface area contributed by atoms with Gasteiger partial charge < -0.3 is 10.2 Å². The van der Waals surface area contributed by atoms with Gasteiger partial charge in [-0.25, -0.2) is 24.0 Å². The van der Waals surface area contributed by atoms with E-state index in [4.69, 9.17) is 9.88 Å². The number of amides is 2. The van der Waals surface area contributed by atoms with Crippen LogP contribution in [0.3, 0.4) is 0 Å². The van der Waals surface area contributed by atoms with Gasteiger partial charge in [0.1, 0.15) is 5.82 Å². The summed E-state index contributed by atoms with van der Waals surface area (Å²) in [4.78, 5) is 48.5. The lowest BCUT2D eigenvalue weighted by molar-refractivity contribution is -0.129. The maximum Gasteiger partial charge on any atom is 0.294 e. The minimum atomic E-state index is -4.43. The quantitative estimate of drug-likeness (QED) is 0.0385. The number of sulfonamides is 1. The number of pyridine rings is 2. The first-order valence-corrected chi connectivity index (χ1v) is 21.7. The summed E-state index contributed by atoms with van der Waals surface area (Å²) in [5, 5.41) is 5.25. The maximum absolute atomic E-state index is 13.8. The second-order valence-electron chi connectivity index (χ2n) is 13.6. The standard InChI is InChI=1S/C43H42N6O9S2/c44-59(53,54)35-22-19-30(20-23-35)29-49(43(52)34-21-24-39(45-27-34)48-46-28-33-16-9-10-17-38(33)60(55,56)57)40(50)18-8-3-11-25-58-42-37(32-14-6-2-7-15-32)26-36(41(51)47-42)31-12-4-1-5-13-31/h1-2,4-7,9-10,12-17,19-24,26-27,46H,3,8,11,18,25,28-29H2,(H,45,48)(H,47,51)(H2,44,53,54)(H,55,56,57). The first kappa shape index (κ1) is 43.1. The molecule has 6 rings (SSSR count). The Morgan fingerprint density at radius 3 is 2.07 bits per heavy atom. The summed E-state index contributed by atoms with van der Waals surface area (Å²) in [5.74, 6) is -0.490. The molecule has 0 aliphatic carbocycles. The molecule has 2 aromatic heterocycles. The molecule has 0 unspecified atom stereocenters. The zero-order valence-electron chi connectivity index (χ0n) is 32.2. The number of rotatable bonds is 18. The van der Waals surface area contributed by atoms with E-state index >= 15 is 0 Å². The number of ether oxygens (including phenoxy) is 1. The molecule has 0 radical (unpaired) electrons. The Labute approximate surface area is 347 Å². The van der Waals surface area contributed by atoms with Crippen LogP contribution in [0, 0.1) is 0 Å². The van der Waals surface area contributed by atoms with Gasteiger partial charge >= 0.3 is 0 Å². The van der Waals surface area contributed by atoms with Crippen LogP contribution < -0.4 is 26.3 Å². The highest BCUT2D eigenvalue weighted by molar-refractivity contribution is 7.89. The first-order chi connectivity index (χ1) is 28.8. The highest BCUT2D eigenvalue weighted by Crippen LogP contribution is 2.31. The number of hydrogen-bond donors (Lipinski definition) is 5. The minimum Gasteiger partial charge on any atom is -0.478 e. The van der Waals surface area contributed by atoms with Crippen LogP contribution in [0.4, 0.5) is 5.82 Å². The lowest BCUT2D eigenvalue weighted by atomic mass is 10.0. The van der Waals surface area contributed by atoms with Gasteiger partial charge in [-0.15, -0.1) is 0 Å². The summed E-state index contributed by atoms with van der Waals surface area (Å²) in [6, 6.07) is 35.2.